The molecule has 0 atom stereocenters. The Bertz CT molecular complexity index is 322. The van der Waals surface area contributed by atoms with Gasteiger partial charge in [0.15, 0.2) is 5.78 Å². The van der Waals surface area contributed by atoms with Crippen molar-refractivity contribution < 1.29 is 18.7 Å². The molecule has 1 aromatic rings. The van der Waals surface area contributed by atoms with E-state index in [2.05, 4.69) is 0 Å². The Labute approximate surface area is 94.2 Å². The molecule has 1 aromatic carbocycles. The van der Waals surface area contributed by atoms with Crippen LogP contribution in [0.15, 0.2) is 24.3 Å². The van der Waals surface area contributed by atoms with Crippen molar-refractivity contribution >= 4 is 5.78 Å². The summed E-state index contributed by atoms with van der Waals surface area (Å²) in [6.45, 7) is 1.36. The molecule has 0 saturated carbocycles. The van der Waals surface area contributed by atoms with Crippen LogP contribution in [0.5, 0.6) is 0 Å². The number of Topliss-reactive ketones (excluding diaryl/α,β-unsaturated/α-hetero) is 1. The third-order valence-electron chi connectivity index (χ3n) is 2.07. The molecule has 0 heterocycles. The number of rotatable bonds is 7. The molecule has 0 unspecified atom stereocenters. The fourth-order valence-electron chi connectivity index (χ4n) is 1.19. The second-order valence-corrected chi connectivity index (χ2v) is 3.29. The first-order valence-electron chi connectivity index (χ1n) is 5.09. The minimum Gasteiger partial charge on any atom is -0.382 e. The number of carbonyl (C=O) groups excluding carboxylic acids is 1. The second-order valence-electron chi connectivity index (χ2n) is 3.29. The van der Waals surface area contributed by atoms with Gasteiger partial charge in [-0.3, -0.25) is 4.79 Å². The predicted octanol–water partition coefficient (Wildman–Crippen LogP) is 2.06. The van der Waals surface area contributed by atoms with Gasteiger partial charge in [0.1, 0.15) is 5.82 Å². The van der Waals surface area contributed by atoms with Gasteiger partial charge in [-0.2, -0.15) is 0 Å². The number of benzene rings is 1. The molecule has 88 valence electrons. The molecule has 3 nitrogen and oxygen atoms in total. The van der Waals surface area contributed by atoms with Gasteiger partial charge in [0.05, 0.1) is 19.8 Å². The van der Waals surface area contributed by atoms with Gasteiger partial charge in [0.25, 0.3) is 0 Å². The highest BCUT2D eigenvalue weighted by atomic mass is 19.1. The van der Waals surface area contributed by atoms with E-state index < -0.39 is 0 Å². The van der Waals surface area contributed by atoms with E-state index in [0.717, 1.165) is 0 Å². The summed E-state index contributed by atoms with van der Waals surface area (Å²) in [5.41, 5.74) is 0.511. The summed E-state index contributed by atoms with van der Waals surface area (Å²) in [6.07, 6.45) is 0.301. The largest absolute Gasteiger partial charge is 0.382 e. The summed E-state index contributed by atoms with van der Waals surface area (Å²) in [7, 11) is 1.59. The van der Waals surface area contributed by atoms with Crippen LogP contribution in [-0.2, 0) is 9.47 Å². The fourth-order valence-corrected chi connectivity index (χ4v) is 1.19. The van der Waals surface area contributed by atoms with Gasteiger partial charge < -0.3 is 9.47 Å². The van der Waals surface area contributed by atoms with Crippen molar-refractivity contribution in [1.29, 1.82) is 0 Å². The van der Waals surface area contributed by atoms with Gasteiger partial charge in [-0.15, -0.1) is 0 Å². The average Bonchev–Trinajstić information content (AvgIpc) is 2.29. The maximum atomic E-state index is 12.6. The van der Waals surface area contributed by atoms with Crippen molar-refractivity contribution in [2.75, 3.05) is 26.9 Å². The standard InChI is InChI=1S/C12H15FO3/c1-15-8-9-16-7-6-12(14)10-2-4-11(13)5-3-10/h2-5H,6-9H2,1H3. The smallest absolute Gasteiger partial charge is 0.165 e. The van der Waals surface area contributed by atoms with E-state index in [9.17, 15) is 9.18 Å². The lowest BCUT2D eigenvalue weighted by atomic mass is 10.1. The van der Waals surface area contributed by atoms with Gasteiger partial charge in [-0.25, -0.2) is 4.39 Å². The summed E-state index contributed by atoms with van der Waals surface area (Å²) in [5.74, 6) is -0.384. The number of carbonyl (C=O) groups is 1. The normalized spacial score (nSPS) is 10.4. The average molecular weight is 226 g/mol. The highest BCUT2D eigenvalue weighted by molar-refractivity contribution is 5.96. The van der Waals surface area contributed by atoms with Gasteiger partial charge in [-0.1, -0.05) is 0 Å². The van der Waals surface area contributed by atoms with Crippen molar-refractivity contribution in [2.24, 2.45) is 0 Å². The molecule has 16 heavy (non-hydrogen) atoms. The Balaban J connectivity index is 2.27. The van der Waals surface area contributed by atoms with Gasteiger partial charge in [-0.05, 0) is 24.3 Å². The first kappa shape index (κ1) is 12.8. The van der Waals surface area contributed by atoms with Crippen molar-refractivity contribution in [3.63, 3.8) is 0 Å². The van der Waals surface area contributed by atoms with Crippen molar-refractivity contribution in [1.82, 2.24) is 0 Å². The number of methoxy groups -OCH3 is 1. The van der Waals surface area contributed by atoms with E-state index in [1.807, 2.05) is 0 Å². The Morgan fingerprint density at radius 3 is 2.50 bits per heavy atom. The van der Waals surface area contributed by atoms with Crippen LogP contribution in [0.2, 0.25) is 0 Å². The molecule has 0 aromatic heterocycles. The zero-order valence-corrected chi connectivity index (χ0v) is 9.24. The highest BCUT2D eigenvalue weighted by Crippen LogP contribution is 2.05. The van der Waals surface area contributed by atoms with Crippen LogP contribution in [-0.4, -0.2) is 32.7 Å². The summed E-state index contributed by atoms with van der Waals surface area (Å²) in [5, 5.41) is 0. The summed E-state index contributed by atoms with van der Waals surface area (Å²) in [4.78, 5) is 11.6. The van der Waals surface area contributed by atoms with Gasteiger partial charge in [0.2, 0.25) is 0 Å². The molecule has 0 spiro atoms. The van der Waals surface area contributed by atoms with Crippen LogP contribution in [0.3, 0.4) is 0 Å². The molecule has 0 amide bonds. The quantitative estimate of drug-likeness (QED) is 0.527. The number of ether oxygens (including phenoxy) is 2. The molecule has 0 N–H and O–H groups in total. The number of halogens is 1. The fraction of sp³-hybridized carbons (Fsp3) is 0.417. The lowest BCUT2D eigenvalue weighted by Gasteiger charge is -2.03. The minimum atomic E-state index is -0.340. The SMILES string of the molecule is COCCOCCC(=O)c1ccc(F)cc1. The first-order valence-corrected chi connectivity index (χ1v) is 5.09. The summed E-state index contributed by atoms with van der Waals surface area (Å²) < 4.78 is 22.6. The van der Waals surface area contributed by atoms with Crippen LogP contribution in [0.25, 0.3) is 0 Å². The van der Waals surface area contributed by atoms with E-state index >= 15 is 0 Å². The molecule has 0 saturated heterocycles. The van der Waals surface area contributed by atoms with E-state index in [1.54, 1.807) is 7.11 Å². The molecule has 0 aliphatic heterocycles. The van der Waals surface area contributed by atoms with Crippen LogP contribution in [0.1, 0.15) is 16.8 Å². The molecule has 0 aliphatic carbocycles. The number of hydrogen-bond donors (Lipinski definition) is 0. The molecule has 4 heteroatoms. The lowest BCUT2D eigenvalue weighted by molar-refractivity contribution is 0.0641. The second kappa shape index (κ2) is 7.09. The third kappa shape index (κ3) is 4.51. The molecule has 1 rings (SSSR count). The zero-order chi connectivity index (χ0) is 11.8. The predicted molar refractivity (Wildman–Crippen MR) is 58.0 cm³/mol. The van der Waals surface area contributed by atoms with Crippen molar-refractivity contribution in [3.05, 3.63) is 35.6 Å². The monoisotopic (exact) mass is 226 g/mol. The Morgan fingerprint density at radius 1 is 1.19 bits per heavy atom. The summed E-state index contributed by atoms with van der Waals surface area (Å²) >= 11 is 0. The van der Waals surface area contributed by atoms with Gasteiger partial charge in [0, 0.05) is 19.1 Å². The molecular weight excluding hydrogens is 211 g/mol. The Hall–Kier alpha value is -1.26. The Kier molecular flexibility index (Phi) is 5.67. The van der Waals surface area contributed by atoms with Crippen molar-refractivity contribution in [3.8, 4) is 0 Å². The lowest BCUT2D eigenvalue weighted by Crippen LogP contribution is -2.08. The maximum Gasteiger partial charge on any atom is 0.165 e. The molecule has 0 radical (unpaired) electrons. The van der Waals surface area contributed by atoms with Crippen LogP contribution >= 0.6 is 0 Å². The zero-order valence-electron chi connectivity index (χ0n) is 9.24. The van der Waals surface area contributed by atoms with Crippen LogP contribution in [0, 0.1) is 5.82 Å². The van der Waals surface area contributed by atoms with Gasteiger partial charge >= 0.3 is 0 Å². The highest BCUT2D eigenvalue weighted by Gasteiger charge is 2.05. The third-order valence-corrected chi connectivity index (χ3v) is 2.07. The topological polar surface area (TPSA) is 35.5 Å². The van der Waals surface area contributed by atoms with E-state index in [1.165, 1.54) is 24.3 Å². The Morgan fingerprint density at radius 2 is 1.88 bits per heavy atom. The molecule has 0 aliphatic rings. The van der Waals surface area contributed by atoms with Crippen molar-refractivity contribution in [2.45, 2.75) is 6.42 Å². The summed E-state index contributed by atoms with van der Waals surface area (Å²) in [6, 6.07) is 5.51. The first-order chi connectivity index (χ1) is 7.74. The van der Waals surface area contributed by atoms with E-state index in [-0.39, 0.29) is 11.6 Å². The molecular formula is C12H15FO3. The minimum absolute atomic E-state index is 0.0441. The molecule has 0 bridgehead atoms. The van der Waals surface area contributed by atoms with Crippen LogP contribution < -0.4 is 0 Å². The van der Waals surface area contributed by atoms with Crippen LogP contribution in [0.4, 0.5) is 4.39 Å². The van der Waals surface area contributed by atoms with E-state index in [4.69, 9.17) is 9.47 Å². The number of hydrogen-bond acceptors (Lipinski definition) is 3. The maximum absolute atomic E-state index is 12.6. The molecule has 0 fully saturated rings. The van der Waals surface area contributed by atoms with E-state index in [0.29, 0.717) is 31.8 Å². The number of ketones is 1.